The Kier molecular flexibility index (Phi) is 6.92. The maximum Gasteiger partial charge on any atom is 0.273 e. The third-order valence-electron chi connectivity index (χ3n) is 4.49. The molecule has 3 N–H and O–H groups in total. The van der Waals surface area contributed by atoms with E-state index in [1.54, 1.807) is 10.3 Å². The maximum absolute atomic E-state index is 12.5. The summed E-state index contributed by atoms with van der Waals surface area (Å²) >= 11 is 1.48. The second-order valence-electron chi connectivity index (χ2n) is 6.50. The number of carbonyl (C=O) groups is 2. The van der Waals surface area contributed by atoms with Gasteiger partial charge < -0.3 is 16.0 Å². The standard InChI is InChI=1S/C19H25N5O2S/c20-7-6-18-22-16(14-27-18)19(26)24-10-8-23(9-11-24)13-17(25)21-12-15-4-2-1-3-5-15/h1-5,14H,6-13,20H2,(H,21,25). The lowest BCUT2D eigenvalue weighted by Crippen LogP contribution is -2.51. The minimum Gasteiger partial charge on any atom is -0.351 e. The molecule has 1 fully saturated rings. The SMILES string of the molecule is NCCc1nc(C(=O)N2CCN(CC(=O)NCc3ccccc3)CC2)cs1. The Morgan fingerprint density at radius 1 is 1.15 bits per heavy atom. The van der Waals surface area contributed by atoms with Gasteiger partial charge in [0.1, 0.15) is 5.69 Å². The molecule has 27 heavy (non-hydrogen) atoms. The van der Waals surface area contributed by atoms with Crippen LogP contribution in [-0.4, -0.2) is 65.9 Å². The van der Waals surface area contributed by atoms with Crippen LogP contribution in [0.5, 0.6) is 0 Å². The van der Waals surface area contributed by atoms with Gasteiger partial charge in [0, 0.05) is 44.5 Å². The first-order chi connectivity index (χ1) is 13.2. The number of hydrogen-bond acceptors (Lipinski definition) is 6. The molecule has 1 aromatic carbocycles. The molecule has 1 aromatic heterocycles. The first-order valence-electron chi connectivity index (χ1n) is 9.12. The van der Waals surface area contributed by atoms with Crippen LogP contribution in [0.25, 0.3) is 0 Å². The fourth-order valence-corrected chi connectivity index (χ4v) is 3.76. The zero-order valence-corrected chi connectivity index (χ0v) is 16.1. The molecular weight excluding hydrogens is 362 g/mol. The van der Waals surface area contributed by atoms with Crippen molar-refractivity contribution in [2.24, 2.45) is 5.73 Å². The summed E-state index contributed by atoms with van der Waals surface area (Å²) < 4.78 is 0. The summed E-state index contributed by atoms with van der Waals surface area (Å²) in [4.78, 5) is 32.9. The lowest BCUT2D eigenvalue weighted by molar-refractivity contribution is -0.122. The maximum atomic E-state index is 12.5. The molecule has 1 aliphatic heterocycles. The zero-order chi connectivity index (χ0) is 19.1. The lowest BCUT2D eigenvalue weighted by atomic mass is 10.2. The van der Waals surface area contributed by atoms with E-state index >= 15 is 0 Å². The topological polar surface area (TPSA) is 91.6 Å². The van der Waals surface area contributed by atoms with E-state index in [9.17, 15) is 9.59 Å². The van der Waals surface area contributed by atoms with Crippen LogP contribution < -0.4 is 11.1 Å². The van der Waals surface area contributed by atoms with Gasteiger partial charge in [-0.1, -0.05) is 30.3 Å². The van der Waals surface area contributed by atoms with Crippen LogP contribution in [0.4, 0.5) is 0 Å². The number of piperazine rings is 1. The Labute approximate surface area is 163 Å². The Bertz CT molecular complexity index is 756. The van der Waals surface area contributed by atoms with Crippen molar-refractivity contribution in [2.45, 2.75) is 13.0 Å². The molecule has 144 valence electrons. The summed E-state index contributed by atoms with van der Waals surface area (Å²) in [7, 11) is 0. The van der Waals surface area contributed by atoms with Crippen LogP contribution in [0.3, 0.4) is 0 Å². The molecule has 0 radical (unpaired) electrons. The van der Waals surface area contributed by atoms with Gasteiger partial charge >= 0.3 is 0 Å². The van der Waals surface area contributed by atoms with E-state index < -0.39 is 0 Å². The van der Waals surface area contributed by atoms with Gasteiger partial charge in [0.2, 0.25) is 5.91 Å². The van der Waals surface area contributed by atoms with Crippen molar-refractivity contribution in [1.82, 2.24) is 20.1 Å². The number of amides is 2. The fourth-order valence-electron chi connectivity index (χ4n) is 2.97. The van der Waals surface area contributed by atoms with Gasteiger partial charge in [-0.2, -0.15) is 0 Å². The molecule has 3 rings (SSSR count). The zero-order valence-electron chi connectivity index (χ0n) is 15.3. The molecule has 0 aliphatic carbocycles. The van der Waals surface area contributed by atoms with Crippen LogP contribution >= 0.6 is 11.3 Å². The van der Waals surface area contributed by atoms with Gasteiger partial charge in [0.25, 0.3) is 5.91 Å². The summed E-state index contributed by atoms with van der Waals surface area (Å²) in [6.45, 7) is 4.00. The van der Waals surface area contributed by atoms with Crippen LogP contribution in [0, 0.1) is 0 Å². The molecule has 2 aromatic rings. The number of thiazole rings is 1. The number of nitrogens with one attached hydrogen (secondary N) is 1. The van der Waals surface area contributed by atoms with Gasteiger partial charge in [-0.25, -0.2) is 4.98 Å². The molecule has 0 saturated carbocycles. The van der Waals surface area contributed by atoms with Crippen molar-refractivity contribution >= 4 is 23.2 Å². The summed E-state index contributed by atoms with van der Waals surface area (Å²) in [6, 6.07) is 9.85. The Morgan fingerprint density at radius 2 is 1.89 bits per heavy atom. The number of hydrogen-bond donors (Lipinski definition) is 2. The largest absolute Gasteiger partial charge is 0.351 e. The molecule has 0 bridgehead atoms. The van der Waals surface area contributed by atoms with Crippen molar-refractivity contribution < 1.29 is 9.59 Å². The van der Waals surface area contributed by atoms with Crippen LogP contribution in [0.15, 0.2) is 35.7 Å². The average Bonchev–Trinajstić information content (AvgIpc) is 3.16. The number of aromatic nitrogens is 1. The van der Waals surface area contributed by atoms with Crippen molar-refractivity contribution in [2.75, 3.05) is 39.3 Å². The van der Waals surface area contributed by atoms with E-state index in [4.69, 9.17) is 5.73 Å². The van der Waals surface area contributed by atoms with Gasteiger partial charge in [0.05, 0.1) is 11.6 Å². The van der Waals surface area contributed by atoms with Gasteiger partial charge in [-0.15, -0.1) is 11.3 Å². The van der Waals surface area contributed by atoms with E-state index in [2.05, 4.69) is 15.2 Å². The van der Waals surface area contributed by atoms with E-state index in [1.165, 1.54) is 11.3 Å². The Balaban J connectivity index is 1.41. The normalized spacial score (nSPS) is 14.9. The summed E-state index contributed by atoms with van der Waals surface area (Å²) in [6.07, 6.45) is 0.698. The van der Waals surface area contributed by atoms with Gasteiger partial charge in [-0.05, 0) is 12.1 Å². The van der Waals surface area contributed by atoms with Crippen molar-refractivity contribution in [3.63, 3.8) is 0 Å². The van der Waals surface area contributed by atoms with Crippen molar-refractivity contribution in [1.29, 1.82) is 0 Å². The number of nitrogens with two attached hydrogens (primary N) is 1. The van der Waals surface area contributed by atoms with E-state index in [0.717, 1.165) is 10.6 Å². The van der Waals surface area contributed by atoms with E-state index in [0.29, 0.717) is 57.9 Å². The minimum absolute atomic E-state index is 0.00422. The second kappa shape index (κ2) is 9.59. The first-order valence-corrected chi connectivity index (χ1v) is 10.0. The number of benzene rings is 1. The van der Waals surface area contributed by atoms with E-state index in [-0.39, 0.29) is 11.8 Å². The van der Waals surface area contributed by atoms with Crippen LogP contribution in [0.2, 0.25) is 0 Å². The minimum atomic E-state index is -0.0392. The van der Waals surface area contributed by atoms with E-state index in [1.807, 2.05) is 30.3 Å². The first kappa shape index (κ1) is 19.5. The second-order valence-corrected chi connectivity index (χ2v) is 7.44. The van der Waals surface area contributed by atoms with Crippen molar-refractivity contribution in [3.8, 4) is 0 Å². The molecule has 1 aliphatic rings. The number of nitrogens with zero attached hydrogens (tertiary/aromatic N) is 3. The molecule has 0 spiro atoms. The highest BCUT2D eigenvalue weighted by Gasteiger charge is 2.24. The molecule has 7 nitrogen and oxygen atoms in total. The smallest absolute Gasteiger partial charge is 0.273 e. The third kappa shape index (κ3) is 5.59. The quantitative estimate of drug-likeness (QED) is 0.730. The lowest BCUT2D eigenvalue weighted by Gasteiger charge is -2.34. The molecular formula is C19H25N5O2S. The highest BCUT2D eigenvalue weighted by Crippen LogP contribution is 2.13. The average molecular weight is 388 g/mol. The molecule has 2 amide bonds. The Morgan fingerprint density at radius 3 is 2.59 bits per heavy atom. The number of rotatable bonds is 7. The highest BCUT2D eigenvalue weighted by atomic mass is 32.1. The van der Waals surface area contributed by atoms with Crippen LogP contribution in [-0.2, 0) is 17.8 Å². The molecule has 0 atom stereocenters. The fraction of sp³-hybridized carbons (Fsp3) is 0.421. The summed E-state index contributed by atoms with van der Waals surface area (Å²) in [5.74, 6) is -0.0349. The summed E-state index contributed by atoms with van der Waals surface area (Å²) in [5, 5.41) is 5.64. The molecule has 2 heterocycles. The predicted octanol–water partition coefficient (Wildman–Crippen LogP) is 0.719. The summed E-state index contributed by atoms with van der Waals surface area (Å²) in [5.41, 5.74) is 7.11. The number of carbonyl (C=O) groups excluding carboxylic acids is 2. The monoisotopic (exact) mass is 387 g/mol. The van der Waals surface area contributed by atoms with Crippen molar-refractivity contribution in [3.05, 3.63) is 52.0 Å². The molecule has 0 unspecified atom stereocenters. The van der Waals surface area contributed by atoms with Gasteiger partial charge in [-0.3, -0.25) is 14.5 Å². The third-order valence-corrected chi connectivity index (χ3v) is 5.40. The molecule has 1 saturated heterocycles. The van der Waals surface area contributed by atoms with Crippen LogP contribution in [0.1, 0.15) is 21.1 Å². The Hall–Kier alpha value is -2.29. The molecule has 8 heteroatoms. The predicted molar refractivity (Wildman–Crippen MR) is 106 cm³/mol. The highest BCUT2D eigenvalue weighted by molar-refractivity contribution is 7.09. The van der Waals surface area contributed by atoms with Gasteiger partial charge in [0.15, 0.2) is 0 Å².